The fourth-order valence-corrected chi connectivity index (χ4v) is 2.85. The third kappa shape index (κ3) is 3.72. The van der Waals surface area contributed by atoms with Crippen LogP contribution in [-0.4, -0.2) is 62.1 Å². The van der Waals surface area contributed by atoms with Gasteiger partial charge in [-0.2, -0.15) is 5.10 Å². The van der Waals surface area contributed by atoms with E-state index in [1.165, 1.54) is 23.4 Å². The topological polar surface area (TPSA) is 92.1 Å². The number of piperazine rings is 1. The molecule has 3 heterocycles. The maximum absolute atomic E-state index is 13.3. The van der Waals surface area contributed by atoms with Crippen LogP contribution in [0.25, 0.3) is 5.82 Å². The van der Waals surface area contributed by atoms with Crippen molar-refractivity contribution >= 4 is 17.5 Å². The number of halogens is 2. The van der Waals surface area contributed by atoms with Crippen molar-refractivity contribution in [2.45, 2.75) is 0 Å². The molecule has 0 saturated carbocycles. The van der Waals surface area contributed by atoms with Gasteiger partial charge in [0.2, 0.25) is 0 Å². The fraction of sp³-hybridized carbons (Fsp3) is 0.235. The Morgan fingerprint density at radius 2 is 1.71 bits per heavy atom. The summed E-state index contributed by atoms with van der Waals surface area (Å²) in [5, 5.41) is 14.9. The Morgan fingerprint density at radius 1 is 0.964 bits per heavy atom. The molecule has 3 aromatic rings. The van der Waals surface area contributed by atoms with E-state index >= 15 is 0 Å². The smallest absolute Gasteiger partial charge is 0.321 e. The van der Waals surface area contributed by atoms with E-state index in [4.69, 9.17) is 0 Å². The molecule has 11 heteroatoms. The minimum atomic E-state index is -1.00. The summed E-state index contributed by atoms with van der Waals surface area (Å²) >= 11 is 0. The highest BCUT2D eigenvalue weighted by atomic mass is 19.2. The van der Waals surface area contributed by atoms with E-state index in [0.29, 0.717) is 37.8 Å². The molecule has 4 rings (SSSR count). The summed E-state index contributed by atoms with van der Waals surface area (Å²) < 4.78 is 27.7. The van der Waals surface area contributed by atoms with Crippen molar-refractivity contribution in [1.29, 1.82) is 0 Å². The van der Waals surface area contributed by atoms with Gasteiger partial charge in [-0.05, 0) is 24.3 Å². The second-order valence-electron chi connectivity index (χ2n) is 6.12. The van der Waals surface area contributed by atoms with Crippen LogP contribution >= 0.6 is 0 Å². The number of carbonyl (C=O) groups is 1. The zero-order chi connectivity index (χ0) is 19.5. The van der Waals surface area contributed by atoms with Crippen molar-refractivity contribution in [3.05, 3.63) is 54.6 Å². The molecule has 1 N–H and O–H groups in total. The number of urea groups is 1. The van der Waals surface area contributed by atoms with Crippen molar-refractivity contribution in [3.8, 4) is 5.82 Å². The zero-order valence-corrected chi connectivity index (χ0v) is 14.7. The highest BCUT2D eigenvalue weighted by Crippen LogP contribution is 2.16. The van der Waals surface area contributed by atoms with Gasteiger partial charge in [0, 0.05) is 37.9 Å². The first-order valence-electron chi connectivity index (χ1n) is 8.55. The third-order valence-electron chi connectivity index (χ3n) is 4.35. The van der Waals surface area contributed by atoms with Crippen LogP contribution in [0.1, 0.15) is 0 Å². The molecular formula is C17H16F2N8O. The number of rotatable bonds is 3. The largest absolute Gasteiger partial charge is 0.352 e. The summed E-state index contributed by atoms with van der Waals surface area (Å²) in [5.74, 6) is -0.701. The first kappa shape index (κ1) is 17.8. The highest BCUT2D eigenvalue weighted by Gasteiger charge is 2.22. The van der Waals surface area contributed by atoms with Gasteiger partial charge in [0.15, 0.2) is 23.3 Å². The van der Waals surface area contributed by atoms with Gasteiger partial charge in [-0.1, -0.05) is 0 Å². The highest BCUT2D eigenvalue weighted by molar-refractivity contribution is 5.89. The average molecular weight is 386 g/mol. The zero-order valence-electron chi connectivity index (χ0n) is 14.7. The average Bonchev–Trinajstić information content (AvgIpc) is 3.26. The molecule has 9 nitrogen and oxygen atoms in total. The van der Waals surface area contributed by atoms with Crippen LogP contribution in [0.15, 0.2) is 43.0 Å². The van der Waals surface area contributed by atoms with E-state index in [-0.39, 0.29) is 11.7 Å². The van der Waals surface area contributed by atoms with Gasteiger partial charge >= 0.3 is 6.03 Å². The standard InChI is InChI=1S/C17H16F2N8O/c18-13-2-1-12(9-14(13)19)22-17(28)26-7-5-25(6-8-26)15-3-4-16(24-23-15)27-11-20-10-21-27/h1-4,9-11H,5-8H2,(H,22,28). The second kappa shape index (κ2) is 7.55. The number of nitrogens with one attached hydrogen (secondary N) is 1. The Balaban J connectivity index is 1.33. The quantitative estimate of drug-likeness (QED) is 0.737. The first-order valence-corrected chi connectivity index (χ1v) is 8.55. The number of benzene rings is 1. The summed E-state index contributed by atoms with van der Waals surface area (Å²) in [5.41, 5.74) is 0.209. The molecule has 1 aliphatic heterocycles. The molecule has 28 heavy (non-hydrogen) atoms. The van der Waals surface area contributed by atoms with E-state index in [1.807, 2.05) is 11.0 Å². The number of hydrogen-bond acceptors (Lipinski definition) is 6. The number of nitrogens with zero attached hydrogens (tertiary/aromatic N) is 7. The molecule has 0 radical (unpaired) electrons. The number of aromatic nitrogens is 5. The van der Waals surface area contributed by atoms with Crippen LogP contribution < -0.4 is 10.2 Å². The lowest BCUT2D eigenvalue weighted by molar-refractivity contribution is 0.208. The van der Waals surface area contributed by atoms with Crippen molar-refractivity contribution in [1.82, 2.24) is 29.9 Å². The predicted octanol–water partition coefficient (Wildman–Crippen LogP) is 1.69. The SMILES string of the molecule is O=C(Nc1ccc(F)c(F)c1)N1CCN(c2ccc(-n3cncn3)nn2)CC1. The minimum Gasteiger partial charge on any atom is -0.352 e. The van der Waals surface area contributed by atoms with Gasteiger partial charge in [-0.25, -0.2) is 23.2 Å². The normalized spacial score (nSPS) is 14.2. The molecule has 2 aromatic heterocycles. The van der Waals surface area contributed by atoms with Crippen molar-refractivity contribution < 1.29 is 13.6 Å². The fourth-order valence-electron chi connectivity index (χ4n) is 2.85. The molecule has 1 fully saturated rings. The molecule has 0 unspecified atom stereocenters. The van der Waals surface area contributed by atoms with Crippen LogP contribution in [0, 0.1) is 11.6 Å². The lowest BCUT2D eigenvalue weighted by Gasteiger charge is -2.35. The van der Waals surface area contributed by atoms with Crippen LogP contribution in [-0.2, 0) is 0 Å². The molecule has 144 valence electrons. The number of hydrogen-bond donors (Lipinski definition) is 1. The lowest BCUT2D eigenvalue weighted by Crippen LogP contribution is -2.50. The monoisotopic (exact) mass is 386 g/mol. The van der Waals surface area contributed by atoms with E-state index in [1.54, 1.807) is 11.0 Å². The van der Waals surface area contributed by atoms with Crippen LogP contribution in [0.4, 0.5) is 25.1 Å². The predicted molar refractivity (Wildman–Crippen MR) is 96.1 cm³/mol. The Kier molecular flexibility index (Phi) is 4.79. The number of amides is 2. The summed E-state index contributed by atoms with van der Waals surface area (Å²) in [6.45, 7) is 2.06. The van der Waals surface area contributed by atoms with E-state index in [0.717, 1.165) is 12.1 Å². The van der Waals surface area contributed by atoms with Gasteiger partial charge in [0.1, 0.15) is 12.7 Å². The molecule has 0 atom stereocenters. The van der Waals surface area contributed by atoms with Crippen LogP contribution in [0.2, 0.25) is 0 Å². The maximum Gasteiger partial charge on any atom is 0.321 e. The van der Waals surface area contributed by atoms with Crippen molar-refractivity contribution in [2.24, 2.45) is 0 Å². The third-order valence-corrected chi connectivity index (χ3v) is 4.35. The second-order valence-corrected chi connectivity index (χ2v) is 6.12. The molecule has 0 aliphatic carbocycles. The molecule has 1 aliphatic rings. The summed E-state index contributed by atoms with van der Waals surface area (Å²) in [6, 6.07) is 6.51. The Labute approximate surface area is 158 Å². The van der Waals surface area contributed by atoms with Crippen molar-refractivity contribution in [3.63, 3.8) is 0 Å². The first-order chi connectivity index (χ1) is 13.6. The molecule has 0 bridgehead atoms. The van der Waals surface area contributed by atoms with Gasteiger partial charge in [-0.3, -0.25) is 0 Å². The Morgan fingerprint density at radius 3 is 2.36 bits per heavy atom. The van der Waals surface area contributed by atoms with Gasteiger partial charge in [0.05, 0.1) is 0 Å². The molecule has 1 saturated heterocycles. The lowest BCUT2D eigenvalue weighted by atomic mass is 10.3. The maximum atomic E-state index is 13.3. The molecule has 2 amide bonds. The Hall–Kier alpha value is -3.63. The summed E-state index contributed by atoms with van der Waals surface area (Å²) in [7, 11) is 0. The summed E-state index contributed by atoms with van der Waals surface area (Å²) in [6.07, 6.45) is 2.95. The van der Waals surface area contributed by atoms with Crippen LogP contribution in [0.5, 0.6) is 0 Å². The minimum absolute atomic E-state index is 0.209. The summed E-state index contributed by atoms with van der Waals surface area (Å²) in [4.78, 5) is 19.8. The van der Waals surface area contributed by atoms with E-state index in [2.05, 4.69) is 25.6 Å². The Bertz CT molecular complexity index is 956. The van der Waals surface area contributed by atoms with Crippen molar-refractivity contribution in [2.75, 3.05) is 36.4 Å². The van der Waals surface area contributed by atoms with Gasteiger partial charge in [-0.15, -0.1) is 10.2 Å². The number of anilines is 2. The van der Waals surface area contributed by atoms with Crippen LogP contribution in [0.3, 0.4) is 0 Å². The number of carbonyl (C=O) groups excluding carboxylic acids is 1. The van der Waals surface area contributed by atoms with E-state index < -0.39 is 11.6 Å². The molecule has 1 aromatic carbocycles. The van der Waals surface area contributed by atoms with Gasteiger partial charge < -0.3 is 15.1 Å². The molecule has 0 spiro atoms. The molecular weight excluding hydrogens is 370 g/mol. The van der Waals surface area contributed by atoms with Gasteiger partial charge in [0.25, 0.3) is 0 Å². The van der Waals surface area contributed by atoms with E-state index in [9.17, 15) is 13.6 Å².